The fourth-order valence-corrected chi connectivity index (χ4v) is 1.64. The van der Waals surface area contributed by atoms with Gasteiger partial charge in [-0.3, -0.25) is 10.1 Å². The second-order valence-electron chi connectivity index (χ2n) is 3.99. The lowest BCUT2D eigenvalue weighted by atomic mass is 9.98. The highest BCUT2D eigenvalue weighted by atomic mass is 16.6. The molecule has 7 N–H and O–H groups in total. The van der Waals surface area contributed by atoms with Crippen molar-refractivity contribution < 1.29 is 40.2 Å². The predicted octanol–water partition coefficient (Wildman–Crippen LogP) is -4.18. The lowest BCUT2D eigenvalue weighted by Crippen LogP contribution is -2.64. The molecule has 6 atom stereocenters. The summed E-state index contributed by atoms with van der Waals surface area (Å²) in [5.41, 5.74) is 0. The zero-order valence-electron chi connectivity index (χ0n) is 9.38. The van der Waals surface area contributed by atoms with E-state index in [1.807, 2.05) is 0 Å². The van der Waals surface area contributed by atoms with Crippen LogP contribution < -0.4 is 5.32 Å². The summed E-state index contributed by atoms with van der Waals surface area (Å²) in [7, 11) is 0. The summed E-state index contributed by atoms with van der Waals surface area (Å²) in [6, 6.07) is -1.40. The second kappa shape index (κ2) is 6.38. The molecular formula is C9H17NO8. The normalized spacial score (nSPS) is 38.4. The van der Waals surface area contributed by atoms with Crippen LogP contribution in [0.5, 0.6) is 0 Å². The highest BCUT2D eigenvalue weighted by Crippen LogP contribution is 2.19. The monoisotopic (exact) mass is 267 g/mol. The number of aliphatic hydroxyl groups is 5. The fraction of sp³-hybridized carbons (Fsp3) is 0.889. The number of hydrogen-bond donors (Lipinski definition) is 7. The van der Waals surface area contributed by atoms with Crippen molar-refractivity contribution in [1.29, 1.82) is 0 Å². The van der Waals surface area contributed by atoms with E-state index in [4.69, 9.17) is 20.1 Å². The van der Waals surface area contributed by atoms with E-state index >= 15 is 0 Å². The van der Waals surface area contributed by atoms with Crippen molar-refractivity contribution in [1.82, 2.24) is 5.32 Å². The zero-order chi connectivity index (χ0) is 13.9. The minimum atomic E-state index is -1.60. The molecule has 1 aliphatic heterocycles. The molecule has 1 rings (SSSR count). The molecule has 0 unspecified atom stereocenters. The number of nitrogens with one attached hydrogen (secondary N) is 1. The Bertz CT molecular complexity index is 286. The van der Waals surface area contributed by atoms with Crippen LogP contribution in [0.15, 0.2) is 0 Å². The molecule has 1 heterocycles. The maximum atomic E-state index is 10.7. The topological polar surface area (TPSA) is 160 Å². The minimum absolute atomic E-state index is 0.611. The van der Waals surface area contributed by atoms with Gasteiger partial charge >= 0.3 is 5.97 Å². The van der Waals surface area contributed by atoms with Crippen molar-refractivity contribution >= 4 is 5.97 Å². The van der Waals surface area contributed by atoms with Gasteiger partial charge in [-0.05, 0) is 0 Å². The molecule has 9 nitrogen and oxygen atoms in total. The molecule has 0 saturated carbocycles. The maximum absolute atomic E-state index is 10.7. The Hall–Kier alpha value is -0.810. The molecule has 0 bridgehead atoms. The van der Waals surface area contributed by atoms with Gasteiger partial charge in [-0.2, -0.15) is 0 Å². The molecule has 1 aliphatic rings. The van der Waals surface area contributed by atoms with E-state index in [9.17, 15) is 20.1 Å². The van der Waals surface area contributed by atoms with E-state index in [0.29, 0.717) is 0 Å². The molecule has 0 aromatic heterocycles. The molecule has 9 heteroatoms. The molecule has 0 amide bonds. The fourth-order valence-electron chi connectivity index (χ4n) is 1.64. The summed E-state index contributed by atoms with van der Waals surface area (Å²) in [5, 5.41) is 57.2. The van der Waals surface area contributed by atoms with Crippen LogP contribution in [0.4, 0.5) is 0 Å². The molecule has 0 aromatic carbocycles. The van der Waals surface area contributed by atoms with Gasteiger partial charge in [0.05, 0.1) is 13.2 Å². The van der Waals surface area contributed by atoms with Gasteiger partial charge in [0.15, 0.2) is 0 Å². The average molecular weight is 267 g/mol. The van der Waals surface area contributed by atoms with E-state index in [0.717, 1.165) is 0 Å². The van der Waals surface area contributed by atoms with Crippen molar-refractivity contribution in [2.45, 2.75) is 36.7 Å². The number of hydrogen-bond acceptors (Lipinski definition) is 8. The summed E-state index contributed by atoms with van der Waals surface area (Å²) >= 11 is 0. The van der Waals surface area contributed by atoms with E-state index < -0.39 is 55.9 Å². The number of aliphatic hydroxyl groups excluding tert-OH is 5. The summed E-state index contributed by atoms with van der Waals surface area (Å²) in [5.74, 6) is -1.37. The van der Waals surface area contributed by atoms with Crippen LogP contribution in [-0.2, 0) is 9.53 Å². The Morgan fingerprint density at radius 2 is 1.78 bits per heavy atom. The van der Waals surface area contributed by atoms with Crippen molar-refractivity contribution in [2.75, 3.05) is 13.2 Å². The van der Waals surface area contributed by atoms with Crippen molar-refractivity contribution in [3.63, 3.8) is 0 Å². The Labute approximate surface area is 102 Å². The van der Waals surface area contributed by atoms with E-state index in [2.05, 4.69) is 5.32 Å². The Kier molecular flexibility index (Phi) is 5.41. The predicted molar refractivity (Wildman–Crippen MR) is 55.4 cm³/mol. The highest BCUT2D eigenvalue weighted by molar-refractivity contribution is 5.73. The number of carboxylic acid groups (broad SMARTS) is 1. The van der Waals surface area contributed by atoms with Crippen LogP contribution in [0.1, 0.15) is 0 Å². The van der Waals surface area contributed by atoms with Gasteiger partial charge in [-0.1, -0.05) is 0 Å². The molecular weight excluding hydrogens is 250 g/mol. The van der Waals surface area contributed by atoms with Gasteiger partial charge in [0.25, 0.3) is 0 Å². The molecule has 0 radical (unpaired) electrons. The van der Waals surface area contributed by atoms with Gasteiger partial charge in [0.1, 0.15) is 36.7 Å². The molecule has 0 aromatic rings. The summed E-state index contributed by atoms with van der Waals surface area (Å²) < 4.78 is 5.02. The third kappa shape index (κ3) is 3.14. The van der Waals surface area contributed by atoms with E-state index in [-0.39, 0.29) is 0 Å². The summed E-state index contributed by atoms with van der Waals surface area (Å²) in [4.78, 5) is 10.7. The van der Waals surface area contributed by atoms with Gasteiger partial charge in [-0.15, -0.1) is 0 Å². The first kappa shape index (κ1) is 15.2. The third-order valence-corrected chi connectivity index (χ3v) is 2.74. The van der Waals surface area contributed by atoms with Gasteiger partial charge < -0.3 is 35.4 Å². The minimum Gasteiger partial charge on any atom is -0.480 e. The zero-order valence-corrected chi connectivity index (χ0v) is 9.38. The van der Waals surface area contributed by atoms with Crippen LogP contribution in [-0.4, -0.2) is 86.5 Å². The Balaban J connectivity index is 2.72. The van der Waals surface area contributed by atoms with Gasteiger partial charge in [0.2, 0.25) is 0 Å². The van der Waals surface area contributed by atoms with E-state index in [1.54, 1.807) is 0 Å². The first-order valence-corrected chi connectivity index (χ1v) is 5.32. The Morgan fingerprint density at radius 3 is 2.22 bits per heavy atom. The molecule has 18 heavy (non-hydrogen) atoms. The second-order valence-corrected chi connectivity index (χ2v) is 3.99. The van der Waals surface area contributed by atoms with E-state index in [1.165, 1.54) is 0 Å². The van der Waals surface area contributed by atoms with Crippen LogP contribution in [0, 0.1) is 0 Å². The quantitative estimate of drug-likeness (QED) is 0.262. The number of carbonyl (C=O) groups is 1. The standard InChI is InChI=1S/C9H17NO8/c11-1-3(9(16)17)10-8-7(15)6(14)5(13)4(2-12)18-8/h3-8,10-15H,1-2H2,(H,16,17)/t3-,4+,5+,6-,7+,8+/m0/s1. The lowest BCUT2D eigenvalue weighted by molar-refractivity contribution is -0.239. The van der Waals surface area contributed by atoms with Crippen LogP contribution in [0.3, 0.4) is 0 Å². The summed E-state index contributed by atoms with van der Waals surface area (Å²) in [6.07, 6.45) is -7.15. The highest BCUT2D eigenvalue weighted by Gasteiger charge is 2.44. The SMILES string of the molecule is O=C(O)[C@H](CO)N[C@@H]1O[C@H](CO)[C@@H](O)[C@H](O)[C@H]1O. The smallest absolute Gasteiger partial charge is 0.323 e. The molecule has 0 aliphatic carbocycles. The van der Waals surface area contributed by atoms with Gasteiger partial charge in [-0.25, -0.2) is 0 Å². The first-order chi connectivity index (χ1) is 8.42. The van der Waals surface area contributed by atoms with Crippen LogP contribution in [0.25, 0.3) is 0 Å². The van der Waals surface area contributed by atoms with Crippen molar-refractivity contribution in [3.05, 3.63) is 0 Å². The third-order valence-electron chi connectivity index (χ3n) is 2.74. The average Bonchev–Trinajstić information content (AvgIpc) is 2.35. The number of ether oxygens (including phenoxy) is 1. The summed E-state index contributed by atoms with van der Waals surface area (Å²) in [6.45, 7) is -1.36. The maximum Gasteiger partial charge on any atom is 0.323 e. The van der Waals surface area contributed by atoms with Crippen LogP contribution in [0.2, 0.25) is 0 Å². The molecule has 106 valence electrons. The van der Waals surface area contributed by atoms with Crippen LogP contribution >= 0.6 is 0 Å². The first-order valence-electron chi connectivity index (χ1n) is 5.32. The lowest BCUT2D eigenvalue weighted by Gasteiger charge is -2.40. The number of aliphatic carboxylic acids is 1. The van der Waals surface area contributed by atoms with Gasteiger partial charge in [0, 0.05) is 0 Å². The molecule has 1 fully saturated rings. The van der Waals surface area contributed by atoms with Crippen molar-refractivity contribution in [2.24, 2.45) is 0 Å². The number of carboxylic acids is 1. The largest absolute Gasteiger partial charge is 0.480 e. The molecule has 0 spiro atoms. The number of rotatable bonds is 5. The van der Waals surface area contributed by atoms with Crippen molar-refractivity contribution in [3.8, 4) is 0 Å². The molecule has 1 saturated heterocycles. The Morgan fingerprint density at radius 1 is 1.17 bits per heavy atom.